The Balaban J connectivity index is 2.28. The summed E-state index contributed by atoms with van der Waals surface area (Å²) >= 11 is 3.48. The van der Waals surface area contributed by atoms with Gasteiger partial charge in [0.2, 0.25) is 0 Å². The standard InChI is InChI=1S/C13H7BrN4/c14-9-2-3-10-8(7-9)1-4-11-12(10)16-17-13-15-5-6-18(11)13/h1-7H. The van der Waals surface area contributed by atoms with E-state index in [-0.39, 0.29) is 0 Å². The number of hydrogen-bond donors (Lipinski definition) is 0. The summed E-state index contributed by atoms with van der Waals surface area (Å²) < 4.78 is 3.01. The van der Waals surface area contributed by atoms with E-state index in [1.165, 1.54) is 0 Å². The molecule has 0 spiro atoms. The second-order valence-electron chi connectivity index (χ2n) is 4.10. The minimum atomic E-state index is 0.624. The van der Waals surface area contributed by atoms with Crippen molar-refractivity contribution in [3.8, 4) is 0 Å². The molecule has 0 atom stereocenters. The minimum absolute atomic E-state index is 0.624. The molecule has 0 fully saturated rings. The van der Waals surface area contributed by atoms with Gasteiger partial charge in [0, 0.05) is 22.3 Å². The first-order valence-corrected chi connectivity index (χ1v) is 6.30. The van der Waals surface area contributed by atoms with Gasteiger partial charge in [0.05, 0.1) is 5.52 Å². The fourth-order valence-corrected chi connectivity index (χ4v) is 2.60. The highest BCUT2D eigenvalue weighted by molar-refractivity contribution is 9.10. The van der Waals surface area contributed by atoms with Crippen LogP contribution in [0.1, 0.15) is 0 Å². The van der Waals surface area contributed by atoms with Gasteiger partial charge in [-0.25, -0.2) is 4.98 Å². The number of imidazole rings is 1. The van der Waals surface area contributed by atoms with Crippen molar-refractivity contribution in [2.24, 2.45) is 0 Å². The van der Waals surface area contributed by atoms with Gasteiger partial charge in [-0.1, -0.05) is 28.1 Å². The number of benzene rings is 2. The van der Waals surface area contributed by atoms with Crippen LogP contribution in [0.2, 0.25) is 0 Å². The van der Waals surface area contributed by atoms with Crippen LogP contribution in [0.4, 0.5) is 0 Å². The van der Waals surface area contributed by atoms with Crippen molar-refractivity contribution in [3.63, 3.8) is 0 Å². The summed E-state index contributed by atoms with van der Waals surface area (Å²) in [6.45, 7) is 0. The zero-order chi connectivity index (χ0) is 12.1. The Labute approximate surface area is 110 Å². The van der Waals surface area contributed by atoms with E-state index in [1.807, 2.05) is 22.7 Å². The van der Waals surface area contributed by atoms with Crippen LogP contribution in [0.3, 0.4) is 0 Å². The summed E-state index contributed by atoms with van der Waals surface area (Å²) in [7, 11) is 0. The normalized spacial score (nSPS) is 11.6. The van der Waals surface area contributed by atoms with Crippen molar-refractivity contribution >= 4 is 43.5 Å². The van der Waals surface area contributed by atoms with Gasteiger partial charge in [0.15, 0.2) is 0 Å². The van der Waals surface area contributed by atoms with Crippen LogP contribution in [0.25, 0.3) is 27.6 Å². The Morgan fingerprint density at radius 2 is 2.00 bits per heavy atom. The van der Waals surface area contributed by atoms with Crippen LogP contribution in [0.15, 0.2) is 47.2 Å². The summed E-state index contributed by atoms with van der Waals surface area (Å²) in [5, 5.41) is 10.7. The largest absolute Gasteiger partial charge is 0.281 e. The van der Waals surface area contributed by atoms with Crippen molar-refractivity contribution in [3.05, 3.63) is 47.2 Å². The third-order valence-electron chi connectivity index (χ3n) is 3.05. The highest BCUT2D eigenvalue weighted by Gasteiger charge is 2.07. The van der Waals surface area contributed by atoms with Crippen LogP contribution in [0, 0.1) is 0 Å². The van der Waals surface area contributed by atoms with E-state index in [1.54, 1.807) is 6.20 Å². The molecule has 5 heteroatoms. The molecule has 0 saturated carbocycles. The van der Waals surface area contributed by atoms with Crippen molar-refractivity contribution < 1.29 is 0 Å². The molecular formula is C13H7BrN4. The lowest BCUT2D eigenvalue weighted by molar-refractivity contribution is 1.03. The van der Waals surface area contributed by atoms with Gasteiger partial charge in [-0.15, -0.1) is 10.2 Å². The molecule has 0 aliphatic carbocycles. The van der Waals surface area contributed by atoms with Crippen molar-refractivity contribution in [1.82, 2.24) is 19.6 Å². The first-order chi connectivity index (χ1) is 8.83. The van der Waals surface area contributed by atoms with E-state index in [2.05, 4.69) is 49.3 Å². The average molecular weight is 299 g/mol. The summed E-state index contributed by atoms with van der Waals surface area (Å²) in [6.07, 6.45) is 3.63. The van der Waals surface area contributed by atoms with Gasteiger partial charge < -0.3 is 0 Å². The molecule has 0 radical (unpaired) electrons. The Hall–Kier alpha value is -2.01. The van der Waals surface area contributed by atoms with Crippen molar-refractivity contribution in [2.45, 2.75) is 0 Å². The summed E-state index contributed by atoms with van der Waals surface area (Å²) in [5.41, 5.74) is 1.91. The van der Waals surface area contributed by atoms with Gasteiger partial charge in [-0.2, -0.15) is 0 Å². The third-order valence-corrected chi connectivity index (χ3v) is 3.55. The van der Waals surface area contributed by atoms with E-state index < -0.39 is 0 Å². The predicted octanol–water partition coefficient (Wildman–Crippen LogP) is 3.19. The van der Waals surface area contributed by atoms with E-state index in [4.69, 9.17) is 0 Å². The minimum Gasteiger partial charge on any atom is -0.281 e. The van der Waals surface area contributed by atoms with E-state index in [0.717, 1.165) is 26.3 Å². The van der Waals surface area contributed by atoms with E-state index in [9.17, 15) is 0 Å². The lowest BCUT2D eigenvalue weighted by Crippen LogP contribution is -1.95. The SMILES string of the molecule is Brc1ccc2c(ccc3c2nnc2nccn23)c1. The van der Waals surface area contributed by atoms with Crippen LogP contribution in [-0.2, 0) is 0 Å². The third kappa shape index (κ3) is 1.28. The highest BCUT2D eigenvalue weighted by Crippen LogP contribution is 2.26. The maximum absolute atomic E-state index is 4.29. The zero-order valence-electron chi connectivity index (χ0n) is 9.21. The van der Waals surface area contributed by atoms with Crippen molar-refractivity contribution in [1.29, 1.82) is 0 Å². The molecule has 4 nitrogen and oxygen atoms in total. The number of rotatable bonds is 0. The number of halogens is 1. The van der Waals surface area contributed by atoms with Gasteiger partial charge >= 0.3 is 0 Å². The molecule has 86 valence electrons. The second-order valence-corrected chi connectivity index (χ2v) is 5.01. The molecule has 4 aromatic rings. The number of aromatic nitrogens is 4. The Bertz CT molecular complexity index is 897. The quantitative estimate of drug-likeness (QED) is 0.468. The summed E-state index contributed by atoms with van der Waals surface area (Å²) in [5.74, 6) is 0.624. The molecule has 4 rings (SSSR count). The van der Waals surface area contributed by atoms with Crippen LogP contribution < -0.4 is 0 Å². The average Bonchev–Trinajstić information content (AvgIpc) is 2.86. The molecule has 0 aliphatic rings. The topological polar surface area (TPSA) is 43.1 Å². The van der Waals surface area contributed by atoms with Gasteiger partial charge in [-0.05, 0) is 23.6 Å². The molecule has 0 bridgehead atoms. The second kappa shape index (κ2) is 3.49. The van der Waals surface area contributed by atoms with Crippen LogP contribution in [-0.4, -0.2) is 19.6 Å². The predicted molar refractivity (Wildman–Crippen MR) is 73.5 cm³/mol. The smallest absolute Gasteiger partial charge is 0.254 e. The fourth-order valence-electron chi connectivity index (χ4n) is 2.22. The van der Waals surface area contributed by atoms with E-state index >= 15 is 0 Å². The fraction of sp³-hybridized carbons (Fsp3) is 0. The molecule has 2 aromatic carbocycles. The van der Waals surface area contributed by atoms with Crippen LogP contribution in [0.5, 0.6) is 0 Å². The van der Waals surface area contributed by atoms with Crippen molar-refractivity contribution in [2.75, 3.05) is 0 Å². The number of nitrogens with zero attached hydrogens (tertiary/aromatic N) is 4. The molecule has 0 saturated heterocycles. The first-order valence-electron chi connectivity index (χ1n) is 5.51. The lowest BCUT2D eigenvalue weighted by Gasteiger charge is -2.04. The molecule has 0 aliphatic heterocycles. The molecule has 2 aromatic heterocycles. The lowest BCUT2D eigenvalue weighted by atomic mass is 10.1. The maximum Gasteiger partial charge on any atom is 0.254 e. The van der Waals surface area contributed by atoms with Crippen LogP contribution >= 0.6 is 15.9 Å². The zero-order valence-corrected chi connectivity index (χ0v) is 10.8. The van der Waals surface area contributed by atoms with E-state index in [0.29, 0.717) is 5.78 Å². The molecule has 2 heterocycles. The van der Waals surface area contributed by atoms with Gasteiger partial charge in [0.1, 0.15) is 5.52 Å². The summed E-state index contributed by atoms with van der Waals surface area (Å²) in [4.78, 5) is 4.14. The Morgan fingerprint density at radius 1 is 1.06 bits per heavy atom. The monoisotopic (exact) mass is 298 g/mol. The number of fused-ring (bicyclic) bond motifs is 5. The molecular weight excluding hydrogens is 292 g/mol. The van der Waals surface area contributed by atoms with Gasteiger partial charge in [-0.3, -0.25) is 4.40 Å². The Morgan fingerprint density at radius 3 is 2.94 bits per heavy atom. The number of hydrogen-bond acceptors (Lipinski definition) is 3. The Kier molecular flexibility index (Phi) is 1.93. The maximum atomic E-state index is 4.29. The summed E-state index contributed by atoms with van der Waals surface area (Å²) in [6, 6.07) is 10.3. The molecule has 0 N–H and O–H groups in total. The first kappa shape index (κ1) is 9.96. The highest BCUT2D eigenvalue weighted by atomic mass is 79.9. The molecule has 18 heavy (non-hydrogen) atoms. The molecule has 0 unspecified atom stereocenters. The van der Waals surface area contributed by atoms with Gasteiger partial charge in [0.25, 0.3) is 5.78 Å². The molecule has 0 amide bonds.